The van der Waals surface area contributed by atoms with Gasteiger partial charge in [-0.05, 0) is 118 Å². The van der Waals surface area contributed by atoms with Crippen LogP contribution in [0.4, 0.5) is 13.2 Å². The van der Waals surface area contributed by atoms with Gasteiger partial charge in [0.25, 0.3) is 0 Å². The molecular formula is C33H45F3O. The van der Waals surface area contributed by atoms with E-state index in [0.29, 0.717) is 35.8 Å². The fourth-order valence-electron chi connectivity index (χ4n) is 6.78. The molecule has 1 nitrogen and oxygen atoms in total. The molecule has 0 amide bonds. The zero-order chi connectivity index (χ0) is 26.2. The van der Waals surface area contributed by atoms with Gasteiger partial charge in [-0.3, -0.25) is 0 Å². The van der Waals surface area contributed by atoms with Crippen LogP contribution in [0.1, 0.15) is 126 Å². The van der Waals surface area contributed by atoms with E-state index < -0.39 is 11.6 Å². The number of ether oxygens (including phenoxy) is 1. The lowest BCUT2D eigenvalue weighted by Gasteiger charge is -2.30. The summed E-state index contributed by atoms with van der Waals surface area (Å²) in [5.41, 5.74) is 1.88. The number of benzene rings is 2. The topological polar surface area (TPSA) is 9.23 Å². The average molecular weight is 515 g/mol. The highest BCUT2D eigenvalue weighted by Crippen LogP contribution is 2.41. The fraction of sp³-hybridized carbons (Fsp3) is 0.636. The normalized spacial score (nSPS) is 24.2. The van der Waals surface area contributed by atoms with Crippen LogP contribution in [0, 0.1) is 29.3 Å². The first-order valence-electron chi connectivity index (χ1n) is 14.9. The SMILES string of the molecule is CCCCCC1CCC(c2ccc(CCC3CCC(c4ccc(OCC)cc4F)CC3)c(F)c2F)CC1. The summed E-state index contributed by atoms with van der Waals surface area (Å²) < 4.78 is 50.1. The van der Waals surface area contributed by atoms with Crippen LogP contribution in [0.3, 0.4) is 0 Å². The fourth-order valence-corrected chi connectivity index (χ4v) is 6.78. The van der Waals surface area contributed by atoms with E-state index in [1.54, 1.807) is 0 Å². The second-order valence-corrected chi connectivity index (χ2v) is 11.5. The van der Waals surface area contributed by atoms with E-state index in [1.165, 1.54) is 31.7 Å². The maximum atomic E-state index is 15.1. The molecule has 2 saturated carbocycles. The number of hydrogen-bond donors (Lipinski definition) is 0. The van der Waals surface area contributed by atoms with Gasteiger partial charge in [-0.2, -0.15) is 0 Å². The van der Waals surface area contributed by atoms with Gasteiger partial charge in [-0.15, -0.1) is 0 Å². The summed E-state index contributed by atoms with van der Waals surface area (Å²) in [5, 5.41) is 0. The predicted molar refractivity (Wildman–Crippen MR) is 146 cm³/mol. The summed E-state index contributed by atoms with van der Waals surface area (Å²) in [4.78, 5) is 0. The Morgan fingerprint density at radius 3 is 1.95 bits per heavy atom. The Morgan fingerprint density at radius 1 is 0.703 bits per heavy atom. The van der Waals surface area contributed by atoms with Gasteiger partial charge in [0.15, 0.2) is 11.6 Å². The Balaban J connectivity index is 1.26. The van der Waals surface area contributed by atoms with Gasteiger partial charge in [0.2, 0.25) is 0 Å². The zero-order valence-corrected chi connectivity index (χ0v) is 22.8. The largest absolute Gasteiger partial charge is 0.494 e. The van der Waals surface area contributed by atoms with Crippen molar-refractivity contribution in [2.24, 2.45) is 11.8 Å². The van der Waals surface area contributed by atoms with Crippen LogP contribution in [0.2, 0.25) is 0 Å². The van der Waals surface area contributed by atoms with Crippen LogP contribution in [0.25, 0.3) is 0 Å². The van der Waals surface area contributed by atoms with Gasteiger partial charge >= 0.3 is 0 Å². The molecule has 0 spiro atoms. The molecule has 0 N–H and O–H groups in total. The predicted octanol–water partition coefficient (Wildman–Crippen LogP) is 10.3. The van der Waals surface area contributed by atoms with Crippen molar-refractivity contribution in [3.05, 3.63) is 64.5 Å². The minimum Gasteiger partial charge on any atom is -0.494 e. The molecule has 0 radical (unpaired) electrons. The Morgan fingerprint density at radius 2 is 1.32 bits per heavy atom. The minimum atomic E-state index is -0.632. The molecular weight excluding hydrogens is 469 g/mol. The molecule has 4 heteroatoms. The van der Waals surface area contributed by atoms with Crippen LogP contribution in [-0.4, -0.2) is 6.61 Å². The van der Waals surface area contributed by atoms with Gasteiger partial charge in [0, 0.05) is 6.07 Å². The maximum Gasteiger partial charge on any atom is 0.162 e. The monoisotopic (exact) mass is 514 g/mol. The Kier molecular flexibility index (Phi) is 10.4. The minimum absolute atomic E-state index is 0.157. The van der Waals surface area contributed by atoms with E-state index in [2.05, 4.69) is 6.92 Å². The Hall–Kier alpha value is -1.97. The van der Waals surface area contributed by atoms with Crippen molar-refractivity contribution in [2.75, 3.05) is 6.61 Å². The molecule has 2 aromatic rings. The summed E-state index contributed by atoms with van der Waals surface area (Å²) in [6.07, 6.45) is 14.7. The molecule has 37 heavy (non-hydrogen) atoms. The molecule has 0 saturated heterocycles. The molecule has 2 aromatic carbocycles. The summed E-state index contributed by atoms with van der Waals surface area (Å²) in [7, 11) is 0. The van der Waals surface area contributed by atoms with E-state index in [-0.39, 0.29) is 17.7 Å². The second-order valence-electron chi connectivity index (χ2n) is 11.5. The maximum absolute atomic E-state index is 15.1. The van der Waals surface area contributed by atoms with Crippen LogP contribution in [0.5, 0.6) is 5.75 Å². The molecule has 0 unspecified atom stereocenters. The molecule has 2 aliphatic rings. The van der Waals surface area contributed by atoms with Crippen LogP contribution < -0.4 is 4.74 Å². The standard InChI is InChI=1S/C33H45F3O/c1-3-5-6-7-23-8-15-26(16-9-23)30-20-18-27(32(35)33(30)36)17-12-24-10-13-25(14-11-24)29-21-19-28(37-4-2)22-31(29)34/h18-26H,3-17H2,1-2H3. The van der Waals surface area contributed by atoms with Crippen molar-refractivity contribution >= 4 is 0 Å². The first-order chi connectivity index (χ1) is 18.0. The lowest BCUT2D eigenvalue weighted by molar-refractivity contribution is 0.296. The van der Waals surface area contributed by atoms with Gasteiger partial charge < -0.3 is 4.74 Å². The lowest BCUT2D eigenvalue weighted by Crippen LogP contribution is -2.16. The molecule has 0 atom stereocenters. The van der Waals surface area contributed by atoms with E-state index in [0.717, 1.165) is 69.3 Å². The molecule has 0 bridgehead atoms. The van der Waals surface area contributed by atoms with Gasteiger partial charge in [-0.1, -0.05) is 50.8 Å². The number of unbranched alkanes of at least 4 members (excludes halogenated alkanes) is 2. The van der Waals surface area contributed by atoms with Crippen molar-refractivity contribution in [1.29, 1.82) is 0 Å². The van der Waals surface area contributed by atoms with Crippen molar-refractivity contribution < 1.29 is 17.9 Å². The number of hydrogen-bond acceptors (Lipinski definition) is 1. The summed E-state index contributed by atoms with van der Waals surface area (Å²) in [5.74, 6) is 0.772. The van der Waals surface area contributed by atoms with Crippen molar-refractivity contribution in [3.63, 3.8) is 0 Å². The Bertz CT molecular complexity index is 987. The van der Waals surface area contributed by atoms with Crippen LogP contribution in [-0.2, 0) is 6.42 Å². The molecule has 2 fully saturated rings. The molecule has 2 aliphatic carbocycles. The van der Waals surface area contributed by atoms with E-state index in [9.17, 15) is 4.39 Å². The molecule has 0 heterocycles. The molecule has 4 rings (SSSR count). The number of rotatable bonds is 11. The third-order valence-electron chi connectivity index (χ3n) is 9.09. The third-order valence-corrected chi connectivity index (χ3v) is 9.09. The first-order valence-corrected chi connectivity index (χ1v) is 14.9. The first kappa shape index (κ1) is 28.0. The van der Waals surface area contributed by atoms with Crippen LogP contribution in [0.15, 0.2) is 30.3 Å². The quantitative estimate of drug-likeness (QED) is 0.271. The third kappa shape index (κ3) is 7.33. The van der Waals surface area contributed by atoms with Gasteiger partial charge in [0.1, 0.15) is 11.6 Å². The second kappa shape index (κ2) is 13.7. The highest BCUT2D eigenvalue weighted by molar-refractivity contribution is 5.32. The van der Waals surface area contributed by atoms with E-state index in [1.807, 2.05) is 31.2 Å². The highest BCUT2D eigenvalue weighted by atomic mass is 19.2. The van der Waals surface area contributed by atoms with Crippen molar-refractivity contribution in [1.82, 2.24) is 0 Å². The molecule has 204 valence electrons. The summed E-state index contributed by atoms with van der Waals surface area (Å²) >= 11 is 0. The van der Waals surface area contributed by atoms with E-state index >= 15 is 8.78 Å². The summed E-state index contributed by atoms with van der Waals surface area (Å²) in [6.45, 7) is 4.65. The van der Waals surface area contributed by atoms with Gasteiger partial charge in [0.05, 0.1) is 6.61 Å². The smallest absolute Gasteiger partial charge is 0.162 e. The Labute approximate surface area is 222 Å². The van der Waals surface area contributed by atoms with Crippen molar-refractivity contribution in [2.45, 2.75) is 116 Å². The summed E-state index contributed by atoms with van der Waals surface area (Å²) in [6, 6.07) is 8.91. The number of aryl methyl sites for hydroxylation is 1. The highest BCUT2D eigenvalue weighted by Gasteiger charge is 2.27. The lowest BCUT2D eigenvalue weighted by atomic mass is 9.76. The van der Waals surface area contributed by atoms with Gasteiger partial charge in [-0.25, -0.2) is 13.2 Å². The average Bonchev–Trinajstić information content (AvgIpc) is 2.91. The molecule has 0 aliphatic heterocycles. The van der Waals surface area contributed by atoms with E-state index in [4.69, 9.17) is 4.74 Å². The number of halogens is 3. The zero-order valence-electron chi connectivity index (χ0n) is 22.8. The van der Waals surface area contributed by atoms with Crippen molar-refractivity contribution in [3.8, 4) is 5.75 Å². The molecule has 0 aromatic heterocycles. The van der Waals surface area contributed by atoms with Crippen LogP contribution >= 0.6 is 0 Å².